The van der Waals surface area contributed by atoms with Gasteiger partial charge in [-0.15, -0.1) is 0 Å². The van der Waals surface area contributed by atoms with Gasteiger partial charge in [0.2, 0.25) is 0 Å². The lowest BCUT2D eigenvalue weighted by atomic mass is 9.83. The van der Waals surface area contributed by atoms with E-state index in [2.05, 4.69) is 20.8 Å². The number of hydrogen-bond acceptors (Lipinski definition) is 1. The minimum absolute atomic E-state index is 0.0293. The first kappa shape index (κ1) is 14.6. The van der Waals surface area contributed by atoms with Crippen LogP contribution >= 0.6 is 0 Å². The molecular formula is C18H21FO. The maximum atomic E-state index is 14.4. The Labute approximate surface area is 120 Å². The molecule has 0 spiro atoms. The normalized spacial score (nSPS) is 11.6. The van der Waals surface area contributed by atoms with E-state index in [1.807, 2.05) is 30.3 Å². The standard InChI is InChI=1S/C18H21FO/c1-4-18(2,3)12-14-10-11-15(17(20)16(14)19)13-8-6-5-7-9-13/h5-11,20H,4,12H2,1-3H3. The Morgan fingerprint density at radius 1 is 1.05 bits per heavy atom. The molecule has 0 aliphatic carbocycles. The third-order valence-electron chi connectivity index (χ3n) is 3.91. The number of hydrogen-bond donors (Lipinski definition) is 1. The van der Waals surface area contributed by atoms with Crippen molar-refractivity contribution in [3.63, 3.8) is 0 Å². The third-order valence-corrected chi connectivity index (χ3v) is 3.91. The first-order valence-corrected chi connectivity index (χ1v) is 7.00. The monoisotopic (exact) mass is 272 g/mol. The minimum atomic E-state index is -0.493. The Bertz CT molecular complexity index is 588. The van der Waals surface area contributed by atoms with Gasteiger partial charge >= 0.3 is 0 Å². The summed E-state index contributed by atoms with van der Waals surface area (Å²) in [5, 5.41) is 10.1. The van der Waals surface area contributed by atoms with Crippen molar-refractivity contribution in [3.05, 3.63) is 53.8 Å². The van der Waals surface area contributed by atoms with Crippen molar-refractivity contribution in [3.8, 4) is 16.9 Å². The molecule has 1 N–H and O–H groups in total. The molecule has 0 saturated heterocycles. The second-order valence-corrected chi connectivity index (χ2v) is 6.00. The van der Waals surface area contributed by atoms with Gasteiger partial charge in [0.05, 0.1) is 0 Å². The molecule has 0 unspecified atom stereocenters. The maximum Gasteiger partial charge on any atom is 0.168 e. The summed E-state index contributed by atoms with van der Waals surface area (Å²) in [6.45, 7) is 6.30. The first-order chi connectivity index (χ1) is 9.44. The minimum Gasteiger partial charge on any atom is -0.504 e. The predicted molar refractivity (Wildman–Crippen MR) is 81.3 cm³/mol. The van der Waals surface area contributed by atoms with Gasteiger partial charge in [-0.3, -0.25) is 0 Å². The maximum absolute atomic E-state index is 14.4. The Hall–Kier alpha value is -1.83. The molecule has 2 rings (SSSR count). The van der Waals surface area contributed by atoms with Crippen LogP contribution < -0.4 is 0 Å². The quantitative estimate of drug-likeness (QED) is 0.813. The van der Waals surface area contributed by atoms with Crippen LogP contribution in [0, 0.1) is 11.2 Å². The van der Waals surface area contributed by atoms with E-state index < -0.39 is 5.82 Å². The van der Waals surface area contributed by atoms with E-state index in [-0.39, 0.29) is 11.2 Å². The van der Waals surface area contributed by atoms with Gasteiger partial charge in [-0.05, 0) is 23.0 Å². The van der Waals surface area contributed by atoms with E-state index in [0.29, 0.717) is 17.5 Å². The van der Waals surface area contributed by atoms with Crippen molar-refractivity contribution < 1.29 is 9.50 Å². The summed E-state index contributed by atoms with van der Waals surface area (Å²) >= 11 is 0. The van der Waals surface area contributed by atoms with Crippen molar-refractivity contribution >= 4 is 0 Å². The molecule has 2 aromatic carbocycles. The summed E-state index contributed by atoms with van der Waals surface area (Å²) in [5.74, 6) is -0.742. The van der Waals surface area contributed by atoms with Gasteiger partial charge in [-0.1, -0.05) is 69.7 Å². The van der Waals surface area contributed by atoms with Crippen LogP contribution in [0.3, 0.4) is 0 Å². The molecule has 106 valence electrons. The van der Waals surface area contributed by atoms with Gasteiger partial charge in [0.15, 0.2) is 11.6 Å². The number of benzene rings is 2. The summed E-state index contributed by atoms with van der Waals surface area (Å²) in [6, 6.07) is 13.0. The van der Waals surface area contributed by atoms with E-state index in [4.69, 9.17) is 0 Å². The van der Waals surface area contributed by atoms with Crippen molar-refractivity contribution in [1.29, 1.82) is 0 Å². The fourth-order valence-corrected chi connectivity index (χ4v) is 2.23. The Morgan fingerprint density at radius 3 is 2.30 bits per heavy atom. The van der Waals surface area contributed by atoms with E-state index in [0.717, 1.165) is 12.0 Å². The highest BCUT2D eigenvalue weighted by molar-refractivity contribution is 5.70. The molecular weight excluding hydrogens is 251 g/mol. The zero-order valence-electron chi connectivity index (χ0n) is 12.3. The highest BCUT2D eigenvalue weighted by Gasteiger charge is 2.21. The largest absolute Gasteiger partial charge is 0.504 e. The second-order valence-electron chi connectivity index (χ2n) is 6.00. The molecule has 1 nitrogen and oxygen atoms in total. The fourth-order valence-electron chi connectivity index (χ4n) is 2.23. The lowest BCUT2D eigenvalue weighted by Gasteiger charge is -2.23. The van der Waals surface area contributed by atoms with Crippen molar-refractivity contribution in [2.45, 2.75) is 33.6 Å². The Balaban J connectivity index is 2.40. The van der Waals surface area contributed by atoms with E-state index in [1.165, 1.54) is 0 Å². The summed E-state index contributed by atoms with van der Waals surface area (Å²) < 4.78 is 14.4. The third kappa shape index (κ3) is 3.01. The van der Waals surface area contributed by atoms with Gasteiger partial charge in [-0.2, -0.15) is 0 Å². The first-order valence-electron chi connectivity index (χ1n) is 7.00. The van der Waals surface area contributed by atoms with Crippen molar-refractivity contribution in [2.75, 3.05) is 0 Å². The van der Waals surface area contributed by atoms with Crippen LogP contribution in [0.2, 0.25) is 0 Å². The molecule has 0 saturated carbocycles. The lowest BCUT2D eigenvalue weighted by Crippen LogP contribution is -2.14. The molecule has 0 bridgehead atoms. The number of halogens is 1. The molecule has 2 heteroatoms. The van der Waals surface area contributed by atoms with Crippen molar-refractivity contribution in [1.82, 2.24) is 0 Å². The lowest BCUT2D eigenvalue weighted by molar-refractivity contribution is 0.340. The molecule has 0 aromatic heterocycles. The predicted octanol–water partition coefficient (Wildman–Crippen LogP) is 5.18. The highest BCUT2D eigenvalue weighted by Crippen LogP contribution is 2.35. The zero-order chi connectivity index (χ0) is 14.8. The van der Waals surface area contributed by atoms with E-state index >= 15 is 0 Å². The van der Waals surface area contributed by atoms with E-state index in [1.54, 1.807) is 12.1 Å². The average Bonchev–Trinajstić information content (AvgIpc) is 2.45. The summed E-state index contributed by atoms with van der Waals surface area (Å²) in [7, 11) is 0. The molecule has 20 heavy (non-hydrogen) atoms. The van der Waals surface area contributed by atoms with Crippen LogP contribution in [0.5, 0.6) is 5.75 Å². The summed E-state index contributed by atoms with van der Waals surface area (Å²) in [4.78, 5) is 0. The smallest absolute Gasteiger partial charge is 0.168 e. The van der Waals surface area contributed by atoms with Crippen LogP contribution in [0.15, 0.2) is 42.5 Å². The van der Waals surface area contributed by atoms with Gasteiger partial charge in [0.25, 0.3) is 0 Å². The summed E-state index contributed by atoms with van der Waals surface area (Å²) in [6.07, 6.45) is 1.59. The number of aromatic hydroxyl groups is 1. The fraction of sp³-hybridized carbons (Fsp3) is 0.333. The van der Waals surface area contributed by atoms with Crippen LogP contribution in [0.4, 0.5) is 4.39 Å². The molecule has 0 radical (unpaired) electrons. The topological polar surface area (TPSA) is 20.2 Å². The molecule has 2 aromatic rings. The van der Waals surface area contributed by atoms with Crippen LogP contribution in [-0.4, -0.2) is 5.11 Å². The Kier molecular flexibility index (Phi) is 4.12. The molecule has 0 amide bonds. The van der Waals surface area contributed by atoms with Gasteiger partial charge in [-0.25, -0.2) is 4.39 Å². The molecule has 0 aliphatic heterocycles. The number of phenols is 1. The Morgan fingerprint density at radius 2 is 1.70 bits per heavy atom. The number of phenolic OH excluding ortho intramolecular Hbond substituents is 1. The summed E-state index contributed by atoms with van der Waals surface area (Å²) in [5.41, 5.74) is 1.97. The molecule has 0 atom stereocenters. The van der Waals surface area contributed by atoms with E-state index in [9.17, 15) is 9.50 Å². The van der Waals surface area contributed by atoms with Gasteiger partial charge < -0.3 is 5.11 Å². The van der Waals surface area contributed by atoms with Crippen molar-refractivity contribution in [2.24, 2.45) is 5.41 Å². The van der Waals surface area contributed by atoms with Gasteiger partial charge in [0.1, 0.15) is 0 Å². The number of rotatable bonds is 4. The van der Waals surface area contributed by atoms with Crippen LogP contribution in [0.1, 0.15) is 32.8 Å². The molecule has 0 aliphatic rings. The zero-order valence-corrected chi connectivity index (χ0v) is 12.3. The SMILES string of the molecule is CCC(C)(C)Cc1ccc(-c2ccccc2)c(O)c1F. The van der Waals surface area contributed by atoms with Gasteiger partial charge in [0, 0.05) is 5.56 Å². The van der Waals surface area contributed by atoms with Crippen LogP contribution in [-0.2, 0) is 6.42 Å². The van der Waals surface area contributed by atoms with Crippen LogP contribution in [0.25, 0.3) is 11.1 Å². The average molecular weight is 272 g/mol. The second kappa shape index (κ2) is 5.66. The molecule has 0 fully saturated rings. The molecule has 0 heterocycles. The highest BCUT2D eigenvalue weighted by atomic mass is 19.1.